The van der Waals surface area contributed by atoms with Crippen molar-refractivity contribution in [2.24, 2.45) is 0 Å². The Morgan fingerprint density at radius 1 is 0.447 bits per heavy atom. The van der Waals surface area contributed by atoms with Gasteiger partial charge in [0.05, 0.1) is 0 Å². The summed E-state index contributed by atoms with van der Waals surface area (Å²) in [4.78, 5) is 18.6. The second-order valence-electron chi connectivity index (χ2n) is 9.37. The van der Waals surface area contributed by atoms with Gasteiger partial charge in [0, 0.05) is 0 Å². The van der Waals surface area contributed by atoms with Crippen molar-refractivity contribution in [3.05, 3.63) is 20.8 Å². The molecule has 218 valence electrons. The SMILES string of the molecule is [CH2-]CCCCCCCCC.[CH2-]CCCCCCCCC.[CH2-]CCCCCCCCC.[O-]P([O-])(=S)[S-].[Zn+2].[Zn+2].[Zn+2]. The maximum atomic E-state index is 9.29. The van der Waals surface area contributed by atoms with Gasteiger partial charge in [-0.1, -0.05) is 156 Å². The maximum absolute atomic E-state index is 9.29. The number of unbranched alkanes of at least 4 members (excludes halogenated alkanes) is 21. The summed E-state index contributed by atoms with van der Waals surface area (Å²) in [5.41, 5.74) is -3.72. The van der Waals surface area contributed by atoms with Crippen molar-refractivity contribution in [1.29, 1.82) is 0 Å². The van der Waals surface area contributed by atoms with E-state index < -0.39 is 5.69 Å². The first-order valence-corrected chi connectivity index (χ1v) is 18.5. The molecule has 0 saturated heterocycles. The molecule has 0 bridgehead atoms. The van der Waals surface area contributed by atoms with Crippen LogP contribution in [-0.2, 0) is 82.5 Å². The number of hydrogen-bond acceptors (Lipinski definition) is 4. The predicted molar refractivity (Wildman–Crippen MR) is 166 cm³/mol. The third kappa shape index (κ3) is 97.9. The molecule has 0 aromatic carbocycles. The second kappa shape index (κ2) is 55.7. The Morgan fingerprint density at radius 2 is 0.579 bits per heavy atom. The molecule has 0 amide bonds. The van der Waals surface area contributed by atoms with Crippen LogP contribution in [0.4, 0.5) is 0 Å². The Balaban J connectivity index is -0.0000000673. The van der Waals surface area contributed by atoms with E-state index in [1.165, 1.54) is 135 Å². The van der Waals surface area contributed by atoms with E-state index in [2.05, 4.69) is 65.6 Å². The fourth-order valence-corrected chi connectivity index (χ4v) is 3.40. The van der Waals surface area contributed by atoms with Gasteiger partial charge >= 0.3 is 58.4 Å². The van der Waals surface area contributed by atoms with Crippen molar-refractivity contribution < 1.29 is 68.2 Å². The number of rotatable bonds is 21. The zero-order valence-electron chi connectivity index (χ0n) is 26.3. The molecule has 8 heteroatoms. The molecule has 0 fully saturated rings. The molecule has 38 heavy (non-hydrogen) atoms. The fraction of sp³-hybridized carbons (Fsp3) is 0.900. The summed E-state index contributed by atoms with van der Waals surface area (Å²) >= 11 is 7.28. The van der Waals surface area contributed by atoms with Crippen molar-refractivity contribution in [1.82, 2.24) is 0 Å². The minimum absolute atomic E-state index is 0. The van der Waals surface area contributed by atoms with Crippen LogP contribution in [0.3, 0.4) is 0 Å². The maximum Gasteiger partial charge on any atom is 2.00 e. The Labute approximate surface area is 291 Å². The Kier molecular flexibility index (Phi) is 82.9. The summed E-state index contributed by atoms with van der Waals surface area (Å²) in [7, 11) is 0. The van der Waals surface area contributed by atoms with Crippen molar-refractivity contribution in [3.63, 3.8) is 0 Å². The van der Waals surface area contributed by atoms with Crippen LogP contribution in [0.2, 0.25) is 0 Å². The molecule has 0 spiro atoms. The van der Waals surface area contributed by atoms with Crippen LogP contribution in [-0.4, -0.2) is 0 Å². The topological polar surface area (TPSA) is 46.1 Å². The van der Waals surface area contributed by atoms with E-state index in [9.17, 15) is 9.79 Å². The first-order chi connectivity index (χ1) is 16.7. The molecule has 0 aliphatic heterocycles. The van der Waals surface area contributed by atoms with Gasteiger partial charge in [-0.15, -0.1) is 0 Å². The van der Waals surface area contributed by atoms with Crippen molar-refractivity contribution in [2.45, 2.75) is 175 Å². The summed E-state index contributed by atoms with van der Waals surface area (Å²) in [6, 6.07) is 0. The van der Waals surface area contributed by atoms with Crippen LogP contribution < -0.4 is 9.79 Å². The minimum atomic E-state index is -3.72. The molecular weight excluding hydrogens is 684 g/mol. The van der Waals surface area contributed by atoms with Crippen molar-refractivity contribution in [3.8, 4) is 0 Å². The van der Waals surface area contributed by atoms with Gasteiger partial charge in [0.1, 0.15) is 0 Å². The normalized spacial score (nSPS) is 9.61. The standard InChI is InChI=1S/3C10H21.H3O2PS2.3Zn/c3*1-3-5-7-9-10-8-6-4-2;1-3(2,4)5;;;/h3*1,3-10H2,2H3;(H3,1,2,4,5);;;/q3*-1;;3*+2/p-3. The first-order valence-electron chi connectivity index (χ1n) is 14.9. The first kappa shape index (κ1) is 56.6. The molecule has 0 radical (unpaired) electrons. The third-order valence-corrected chi connectivity index (χ3v) is 5.56. The molecular formula is C30H63O2PS2Zn3. The van der Waals surface area contributed by atoms with Crippen LogP contribution in [0.15, 0.2) is 0 Å². The fourth-order valence-electron chi connectivity index (χ4n) is 3.40. The van der Waals surface area contributed by atoms with Gasteiger partial charge in [-0.25, -0.2) is 0 Å². The molecule has 0 N–H and O–H groups in total. The summed E-state index contributed by atoms with van der Waals surface area (Å²) in [5.74, 6) is 0. The van der Waals surface area contributed by atoms with E-state index in [4.69, 9.17) is 0 Å². The van der Waals surface area contributed by atoms with Crippen LogP contribution in [0.25, 0.3) is 0 Å². The molecule has 0 heterocycles. The predicted octanol–water partition coefficient (Wildman–Crippen LogP) is 10.4. The average molecular weight is 747 g/mol. The quantitative estimate of drug-likeness (QED) is 0.0386. The molecule has 0 aliphatic carbocycles. The van der Waals surface area contributed by atoms with Gasteiger partial charge in [0.15, 0.2) is 0 Å². The molecule has 0 rings (SSSR count). The van der Waals surface area contributed by atoms with Crippen molar-refractivity contribution >= 4 is 29.7 Å². The Hall–Kier alpha value is 2.79. The van der Waals surface area contributed by atoms with E-state index >= 15 is 0 Å². The minimum Gasteiger partial charge on any atom is -0.850 e. The van der Waals surface area contributed by atoms with E-state index in [1.807, 2.05) is 0 Å². The zero-order chi connectivity index (χ0) is 27.5. The van der Waals surface area contributed by atoms with Crippen molar-refractivity contribution in [2.75, 3.05) is 0 Å². The van der Waals surface area contributed by atoms with Crippen LogP contribution in [0.5, 0.6) is 0 Å². The van der Waals surface area contributed by atoms with Gasteiger partial charge in [0.2, 0.25) is 0 Å². The van der Waals surface area contributed by atoms with E-state index in [0.29, 0.717) is 0 Å². The Bertz CT molecular complexity index is 307. The summed E-state index contributed by atoms with van der Waals surface area (Å²) < 4.78 is 0. The van der Waals surface area contributed by atoms with E-state index in [-0.39, 0.29) is 58.4 Å². The zero-order valence-corrected chi connectivity index (χ0v) is 37.7. The van der Waals surface area contributed by atoms with Gasteiger partial charge in [-0.2, -0.15) is 31.1 Å². The molecule has 0 atom stereocenters. The van der Waals surface area contributed by atoms with E-state index in [1.54, 1.807) is 0 Å². The average Bonchev–Trinajstić information content (AvgIpc) is 2.81. The molecule has 0 aliphatic rings. The molecule has 0 aromatic heterocycles. The van der Waals surface area contributed by atoms with Gasteiger partial charge in [-0.05, 0) is 0 Å². The van der Waals surface area contributed by atoms with Gasteiger partial charge in [0.25, 0.3) is 0 Å². The van der Waals surface area contributed by atoms with E-state index in [0.717, 1.165) is 19.3 Å². The second-order valence-corrected chi connectivity index (χ2v) is 13.8. The van der Waals surface area contributed by atoms with Crippen LogP contribution >= 0.6 is 5.69 Å². The summed E-state index contributed by atoms with van der Waals surface area (Å²) in [5, 5.41) is 0. The smallest absolute Gasteiger partial charge is 0.850 e. The Morgan fingerprint density at radius 3 is 0.711 bits per heavy atom. The molecule has 0 unspecified atom stereocenters. The third-order valence-electron chi connectivity index (χ3n) is 5.56. The monoisotopic (exact) mass is 742 g/mol. The summed E-state index contributed by atoms with van der Waals surface area (Å²) in [6.45, 7) is 18.2. The van der Waals surface area contributed by atoms with Crippen LogP contribution in [0.1, 0.15) is 175 Å². The van der Waals surface area contributed by atoms with Crippen LogP contribution in [0, 0.1) is 20.8 Å². The van der Waals surface area contributed by atoms with Gasteiger partial charge < -0.3 is 48.5 Å². The molecule has 0 aromatic rings. The molecule has 2 nitrogen and oxygen atoms in total. The largest absolute Gasteiger partial charge is 2.00 e. The van der Waals surface area contributed by atoms with Gasteiger partial charge in [-0.3, -0.25) is 0 Å². The number of hydrogen-bond donors (Lipinski definition) is 0. The molecule has 0 saturated carbocycles. The summed E-state index contributed by atoms with van der Waals surface area (Å²) in [6.07, 6.45) is 32.8.